The van der Waals surface area contributed by atoms with Crippen LogP contribution in [0.25, 0.3) is 0 Å². The fourth-order valence-electron chi connectivity index (χ4n) is 1.85. The van der Waals surface area contributed by atoms with Crippen molar-refractivity contribution in [3.63, 3.8) is 0 Å². The molecule has 1 aromatic heterocycles. The smallest absolute Gasteiger partial charge is 0.343 e. The van der Waals surface area contributed by atoms with Crippen molar-refractivity contribution in [2.24, 2.45) is 0 Å². The van der Waals surface area contributed by atoms with Crippen molar-refractivity contribution in [2.45, 2.75) is 20.0 Å². The van der Waals surface area contributed by atoms with Crippen LogP contribution in [0.3, 0.4) is 0 Å². The van der Waals surface area contributed by atoms with E-state index in [0.717, 1.165) is 6.07 Å². The Morgan fingerprint density at radius 3 is 2.95 bits per heavy atom. The van der Waals surface area contributed by atoms with Gasteiger partial charge in [0.1, 0.15) is 17.5 Å². The molecule has 2 aromatic rings. The van der Waals surface area contributed by atoms with Gasteiger partial charge in [0, 0.05) is 0 Å². The van der Waals surface area contributed by atoms with E-state index in [0.29, 0.717) is 5.69 Å². The molecule has 2 rings (SSSR count). The summed E-state index contributed by atoms with van der Waals surface area (Å²) in [5.41, 5.74) is 0.657. The van der Waals surface area contributed by atoms with Crippen LogP contribution in [0.2, 0.25) is 0 Å². The highest BCUT2D eigenvalue weighted by Crippen LogP contribution is 2.27. The predicted molar refractivity (Wildman–Crippen MR) is 67.7 cm³/mol. The minimum absolute atomic E-state index is 0.0495. The zero-order valence-electron chi connectivity index (χ0n) is 11.1. The molecule has 1 unspecified atom stereocenters. The number of aromatic nitrogens is 1. The van der Waals surface area contributed by atoms with Gasteiger partial charge in [-0.1, -0.05) is 17.3 Å². The number of halogens is 1. The van der Waals surface area contributed by atoms with Crippen LogP contribution in [0.4, 0.5) is 4.39 Å². The van der Waals surface area contributed by atoms with Crippen molar-refractivity contribution in [1.29, 1.82) is 0 Å². The third kappa shape index (κ3) is 2.70. The first-order chi connectivity index (χ1) is 9.54. The van der Waals surface area contributed by atoms with E-state index in [1.807, 2.05) is 0 Å². The summed E-state index contributed by atoms with van der Waals surface area (Å²) in [5, 5.41) is 13.9. The summed E-state index contributed by atoms with van der Waals surface area (Å²) in [6.07, 6.45) is -1.29. The molecule has 1 N–H and O–H groups in total. The fraction of sp³-hybridized carbons (Fsp3) is 0.286. The van der Waals surface area contributed by atoms with Crippen molar-refractivity contribution < 1.29 is 23.6 Å². The van der Waals surface area contributed by atoms with Crippen LogP contribution in [0, 0.1) is 12.7 Å². The van der Waals surface area contributed by atoms with Crippen LogP contribution < -0.4 is 0 Å². The van der Waals surface area contributed by atoms with E-state index in [1.165, 1.54) is 18.2 Å². The number of aryl methyl sites for hydroxylation is 1. The highest BCUT2D eigenvalue weighted by molar-refractivity contribution is 5.91. The van der Waals surface area contributed by atoms with Gasteiger partial charge < -0.3 is 14.4 Å². The maximum atomic E-state index is 13.2. The van der Waals surface area contributed by atoms with Crippen molar-refractivity contribution in [2.75, 3.05) is 6.61 Å². The van der Waals surface area contributed by atoms with Gasteiger partial charge in [0.05, 0.1) is 12.3 Å². The lowest BCUT2D eigenvalue weighted by Crippen LogP contribution is -2.11. The summed E-state index contributed by atoms with van der Waals surface area (Å²) in [6, 6.07) is 5.41. The second-order valence-electron chi connectivity index (χ2n) is 4.19. The Morgan fingerprint density at radius 2 is 2.30 bits per heavy atom. The molecule has 0 fully saturated rings. The zero-order valence-corrected chi connectivity index (χ0v) is 11.1. The second-order valence-corrected chi connectivity index (χ2v) is 4.19. The molecular weight excluding hydrogens is 265 g/mol. The molecule has 0 aliphatic rings. The molecule has 0 saturated carbocycles. The lowest BCUT2D eigenvalue weighted by atomic mass is 10.0. The molecule has 0 aliphatic carbocycles. The molecule has 0 bridgehead atoms. The van der Waals surface area contributed by atoms with Crippen LogP contribution in [-0.4, -0.2) is 22.8 Å². The molecule has 0 amide bonds. The largest absolute Gasteiger partial charge is 0.462 e. The monoisotopic (exact) mass is 279 g/mol. The van der Waals surface area contributed by atoms with Crippen LogP contribution in [0.15, 0.2) is 28.8 Å². The third-order valence-electron chi connectivity index (χ3n) is 2.78. The molecule has 6 heteroatoms. The number of esters is 1. The Kier molecular flexibility index (Phi) is 4.14. The molecule has 1 aromatic carbocycles. The van der Waals surface area contributed by atoms with Crippen molar-refractivity contribution in [3.8, 4) is 0 Å². The molecule has 106 valence electrons. The summed E-state index contributed by atoms with van der Waals surface area (Å²) in [7, 11) is 0. The van der Waals surface area contributed by atoms with Crippen molar-refractivity contribution >= 4 is 5.97 Å². The highest BCUT2D eigenvalue weighted by Gasteiger charge is 2.27. The van der Waals surface area contributed by atoms with Gasteiger partial charge in [-0.3, -0.25) is 0 Å². The SMILES string of the molecule is CCOC(=O)c1c(C)noc1C(O)c1cccc(F)c1. The topological polar surface area (TPSA) is 72.6 Å². The minimum atomic E-state index is -1.29. The number of nitrogens with zero attached hydrogens (tertiary/aromatic N) is 1. The Balaban J connectivity index is 2.40. The lowest BCUT2D eigenvalue weighted by molar-refractivity contribution is 0.0516. The number of aliphatic hydroxyl groups is 1. The fourth-order valence-corrected chi connectivity index (χ4v) is 1.85. The average molecular weight is 279 g/mol. The Bertz CT molecular complexity index is 623. The average Bonchev–Trinajstić information content (AvgIpc) is 2.80. The first-order valence-electron chi connectivity index (χ1n) is 6.11. The van der Waals surface area contributed by atoms with E-state index in [2.05, 4.69) is 5.16 Å². The Labute approximate surface area is 115 Å². The van der Waals surface area contributed by atoms with E-state index < -0.39 is 17.9 Å². The number of benzene rings is 1. The Hall–Kier alpha value is -2.21. The van der Waals surface area contributed by atoms with Gasteiger partial charge in [-0.15, -0.1) is 0 Å². The molecule has 0 saturated heterocycles. The number of hydrogen-bond acceptors (Lipinski definition) is 5. The summed E-state index contributed by atoms with van der Waals surface area (Å²) < 4.78 is 23.1. The van der Waals surface area contributed by atoms with Crippen molar-refractivity contribution in [1.82, 2.24) is 5.16 Å². The number of hydrogen-bond donors (Lipinski definition) is 1. The number of carbonyl (C=O) groups is 1. The van der Waals surface area contributed by atoms with Gasteiger partial charge in [0.15, 0.2) is 5.76 Å². The maximum absolute atomic E-state index is 13.2. The third-order valence-corrected chi connectivity index (χ3v) is 2.78. The predicted octanol–water partition coefficient (Wildman–Crippen LogP) is 2.38. The van der Waals surface area contributed by atoms with Gasteiger partial charge >= 0.3 is 5.97 Å². The van der Waals surface area contributed by atoms with Gasteiger partial charge in [-0.05, 0) is 31.5 Å². The van der Waals surface area contributed by atoms with Crippen LogP contribution in [-0.2, 0) is 4.74 Å². The van der Waals surface area contributed by atoms with E-state index in [9.17, 15) is 14.3 Å². The van der Waals surface area contributed by atoms with E-state index in [-0.39, 0.29) is 23.5 Å². The molecular formula is C14H14FNO4. The number of ether oxygens (including phenoxy) is 1. The molecule has 20 heavy (non-hydrogen) atoms. The number of aliphatic hydroxyl groups excluding tert-OH is 1. The number of rotatable bonds is 4. The van der Waals surface area contributed by atoms with Crippen LogP contribution in [0.5, 0.6) is 0 Å². The van der Waals surface area contributed by atoms with Crippen molar-refractivity contribution in [3.05, 3.63) is 52.7 Å². The van der Waals surface area contributed by atoms with Gasteiger partial charge in [0.25, 0.3) is 0 Å². The standard InChI is InChI=1S/C14H14FNO4/c1-3-19-14(18)11-8(2)16-20-13(11)12(17)9-5-4-6-10(15)7-9/h4-7,12,17H,3H2,1-2H3. The summed E-state index contributed by atoms with van der Waals surface area (Å²) in [6.45, 7) is 3.43. The highest BCUT2D eigenvalue weighted by atomic mass is 19.1. The zero-order chi connectivity index (χ0) is 14.7. The lowest BCUT2D eigenvalue weighted by Gasteiger charge is -2.09. The minimum Gasteiger partial charge on any atom is -0.462 e. The first-order valence-corrected chi connectivity index (χ1v) is 6.11. The van der Waals surface area contributed by atoms with Gasteiger partial charge in [-0.25, -0.2) is 9.18 Å². The van der Waals surface area contributed by atoms with E-state index in [4.69, 9.17) is 9.26 Å². The van der Waals surface area contributed by atoms with E-state index >= 15 is 0 Å². The summed E-state index contributed by atoms with van der Waals surface area (Å²) >= 11 is 0. The molecule has 5 nitrogen and oxygen atoms in total. The van der Waals surface area contributed by atoms with E-state index in [1.54, 1.807) is 13.8 Å². The quantitative estimate of drug-likeness (QED) is 0.870. The maximum Gasteiger partial charge on any atom is 0.343 e. The van der Waals surface area contributed by atoms with Gasteiger partial charge in [-0.2, -0.15) is 0 Å². The molecule has 0 aliphatic heterocycles. The molecule has 1 atom stereocenters. The molecule has 0 spiro atoms. The second kappa shape index (κ2) is 5.83. The molecule has 1 heterocycles. The summed E-state index contributed by atoms with van der Waals surface area (Å²) in [4.78, 5) is 11.8. The summed E-state index contributed by atoms with van der Waals surface area (Å²) in [5.74, 6) is -1.17. The van der Waals surface area contributed by atoms with Gasteiger partial charge in [0.2, 0.25) is 0 Å². The normalized spacial score (nSPS) is 12.2. The first kappa shape index (κ1) is 14.2. The number of carbonyl (C=O) groups excluding carboxylic acids is 1. The van der Waals surface area contributed by atoms with Crippen LogP contribution >= 0.6 is 0 Å². The Morgan fingerprint density at radius 1 is 1.55 bits per heavy atom. The molecule has 0 radical (unpaired) electrons. The van der Waals surface area contributed by atoms with Crippen LogP contribution in [0.1, 0.15) is 40.4 Å².